The lowest BCUT2D eigenvalue weighted by molar-refractivity contribution is -0.114. The second-order valence-corrected chi connectivity index (χ2v) is 6.44. The van der Waals surface area contributed by atoms with E-state index in [0.717, 1.165) is 16.7 Å². The van der Waals surface area contributed by atoms with Crippen molar-refractivity contribution in [1.82, 2.24) is 14.5 Å². The fraction of sp³-hybridized carbons (Fsp3) is 0.0952. The standard InChI is InChI=1S/C21H18FN5O2/c1-13(28)24-20-12-17(9-10-23-20)29-16-7-8-19-18(11-16)26-21(27(19)2)25-15-5-3-14(22)4-6-15/h3-12H,1-2H3,(H,25,26)(H,23,24,28). The number of fused-ring (bicyclic) bond motifs is 1. The minimum atomic E-state index is -0.292. The molecule has 0 aliphatic rings. The monoisotopic (exact) mass is 391 g/mol. The number of carbonyl (C=O) groups is 1. The molecule has 4 rings (SSSR count). The van der Waals surface area contributed by atoms with Crippen LogP contribution in [0.25, 0.3) is 11.0 Å². The summed E-state index contributed by atoms with van der Waals surface area (Å²) in [6, 6.07) is 15.0. The van der Waals surface area contributed by atoms with E-state index in [0.29, 0.717) is 23.3 Å². The Labute approximate surface area is 166 Å². The van der Waals surface area contributed by atoms with Gasteiger partial charge in [-0.3, -0.25) is 4.79 Å². The first-order valence-corrected chi connectivity index (χ1v) is 8.88. The quantitative estimate of drug-likeness (QED) is 0.520. The van der Waals surface area contributed by atoms with Gasteiger partial charge in [-0.15, -0.1) is 0 Å². The number of hydrogen-bond acceptors (Lipinski definition) is 5. The van der Waals surface area contributed by atoms with Crippen molar-refractivity contribution in [2.24, 2.45) is 7.05 Å². The van der Waals surface area contributed by atoms with Gasteiger partial charge in [-0.1, -0.05) is 0 Å². The van der Waals surface area contributed by atoms with E-state index >= 15 is 0 Å². The number of ether oxygens (including phenoxy) is 1. The Bertz CT molecular complexity index is 1190. The van der Waals surface area contributed by atoms with Crippen molar-refractivity contribution in [2.75, 3.05) is 10.6 Å². The average molecular weight is 391 g/mol. The lowest BCUT2D eigenvalue weighted by Crippen LogP contribution is -2.07. The highest BCUT2D eigenvalue weighted by Crippen LogP contribution is 2.28. The highest BCUT2D eigenvalue weighted by molar-refractivity contribution is 5.87. The van der Waals surface area contributed by atoms with Gasteiger partial charge in [0.05, 0.1) is 11.0 Å². The lowest BCUT2D eigenvalue weighted by Gasteiger charge is -2.07. The van der Waals surface area contributed by atoms with Crippen molar-refractivity contribution >= 4 is 34.4 Å². The molecule has 0 aliphatic carbocycles. The number of pyridine rings is 1. The van der Waals surface area contributed by atoms with E-state index in [4.69, 9.17) is 4.74 Å². The van der Waals surface area contributed by atoms with Gasteiger partial charge < -0.3 is 19.9 Å². The SMILES string of the molecule is CC(=O)Nc1cc(Oc2ccc3c(c2)nc(Nc2ccc(F)cc2)n3C)ccn1. The van der Waals surface area contributed by atoms with Crippen molar-refractivity contribution in [3.05, 3.63) is 66.6 Å². The molecule has 8 heteroatoms. The number of halogens is 1. The molecule has 0 bridgehead atoms. The van der Waals surface area contributed by atoms with E-state index in [9.17, 15) is 9.18 Å². The van der Waals surface area contributed by atoms with Gasteiger partial charge in [-0.2, -0.15) is 0 Å². The topological polar surface area (TPSA) is 81.1 Å². The van der Waals surface area contributed by atoms with Crippen LogP contribution in [0, 0.1) is 5.82 Å². The molecular formula is C21H18FN5O2. The number of nitrogens with zero attached hydrogens (tertiary/aromatic N) is 3. The van der Waals surface area contributed by atoms with Crippen LogP contribution in [-0.4, -0.2) is 20.4 Å². The van der Waals surface area contributed by atoms with Gasteiger partial charge in [0, 0.05) is 38.0 Å². The molecule has 146 valence electrons. The van der Waals surface area contributed by atoms with Crippen LogP contribution in [0.4, 0.5) is 21.8 Å². The minimum Gasteiger partial charge on any atom is -0.457 e. The normalized spacial score (nSPS) is 10.7. The molecule has 0 saturated carbocycles. The fourth-order valence-corrected chi connectivity index (χ4v) is 2.88. The van der Waals surface area contributed by atoms with Crippen LogP contribution >= 0.6 is 0 Å². The summed E-state index contributed by atoms with van der Waals surface area (Å²) >= 11 is 0. The van der Waals surface area contributed by atoms with E-state index < -0.39 is 0 Å². The van der Waals surface area contributed by atoms with Gasteiger partial charge in [-0.05, 0) is 42.5 Å². The van der Waals surface area contributed by atoms with Crippen molar-refractivity contribution in [3.63, 3.8) is 0 Å². The molecule has 29 heavy (non-hydrogen) atoms. The van der Waals surface area contributed by atoms with Gasteiger partial charge >= 0.3 is 0 Å². The number of benzene rings is 2. The van der Waals surface area contributed by atoms with E-state index in [1.165, 1.54) is 19.1 Å². The number of carbonyl (C=O) groups excluding carboxylic acids is 1. The number of amides is 1. The van der Waals surface area contributed by atoms with Crippen LogP contribution in [0.5, 0.6) is 11.5 Å². The zero-order chi connectivity index (χ0) is 20.4. The molecule has 7 nitrogen and oxygen atoms in total. The van der Waals surface area contributed by atoms with E-state index in [1.54, 1.807) is 30.5 Å². The van der Waals surface area contributed by atoms with Crippen LogP contribution in [0.1, 0.15) is 6.92 Å². The highest BCUT2D eigenvalue weighted by atomic mass is 19.1. The van der Waals surface area contributed by atoms with Gasteiger partial charge in [0.1, 0.15) is 23.1 Å². The molecular weight excluding hydrogens is 373 g/mol. The van der Waals surface area contributed by atoms with Gasteiger partial charge in [0.25, 0.3) is 0 Å². The first kappa shape index (κ1) is 18.4. The summed E-state index contributed by atoms with van der Waals surface area (Å²) in [5, 5.41) is 5.80. The van der Waals surface area contributed by atoms with Crippen LogP contribution in [0.15, 0.2) is 60.8 Å². The summed E-state index contributed by atoms with van der Waals surface area (Å²) in [6.45, 7) is 1.42. The van der Waals surface area contributed by atoms with Crippen molar-refractivity contribution in [3.8, 4) is 11.5 Å². The summed E-state index contributed by atoms with van der Waals surface area (Å²) in [4.78, 5) is 19.9. The Hall–Kier alpha value is -3.94. The third-order valence-electron chi connectivity index (χ3n) is 4.22. The van der Waals surface area contributed by atoms with Gasteiger partial charge in [0.15, 0.2) is 0 Å². The highest BCUT2D eigenvalue weighted by Gasteiger charge is 2.10. The average Bonchev–Trinajstić information content (AvgIpc) is 2.98. The maximum Gasteiger partial charge on any atom is 0.222 e. The molecule has 2 aromatic heterocycles. The third kappa shape index (κ3) is 4.16. The first-order valence-electron chi connectivity index (χ1n) is 8.88. The third-order valence-corrected chi connectivity index (χ3v) is 4.22. The summed E-state index contributed by atoms with van der Waals surface area (Å²) in [6.07, 6.45) is 1.56. The Morgan fingerprint density at radius 1 is 1.07 bits per heavy atom. The molecule has 0 spiro atoms. The van der Waals surface area contributed by atoms with Crippen LogP contribution < -0.4 is 15.4 Å². The van der Waals surface area contributed by atoms with Crippen LogP contribution in [0.2, 0.25) is 0 Å². The molecule has 0 atom stereocenters. The smallest absolute Gasteiger partial charge is 0.222 e. The Balaban J connectivity index is 1.58. The van der Waals surface area contributed by atoms with E-state index in [2.05, 4.69) is 20.6 Å². The zero-order valence-corrected chi connectivity index (χ0v) is 15.8. The zero-order valence-electron chi connectivity index (χ0n) is 15.8. The molecule has 2 N–H and O–H groups in total. The van der Waals surface area contributed by atoms with Crippen LogP contribution in [-0.2, 0) is 11.8 Å². The molecule has 0 radical (unpaired) electrons. The summed E-state index contributed by atoms with van der Waals surface area (Å²) in [7, 11) is 1.89. The maximum absolute atomic E-state index is 13.1. The predicted octanol–water partition coefficient (Wildman–Crippen LogP) is 4.60. The first-order chi connectivity index (χ1) is 14.0. The molecule has 0 aliphatic heterocycles. The van der Waals surface area contributed by atoms with Crippen LogP contribution in [0.3, 0.4) is 0 Å². The van der Waals surface area contributed by atoms with Gasteiger partial charge in [0.2, 0.25) is 11.9 Å². The van der Waals surface area contributed by atoms with Crippen molar-refractivity contribution < 1.29 is 13.9 Å². The molecule has 2 heterocycles. The summed E-state index contributed by atoms with van der Waals surface area (Å²) in [5.74, 6) is 1.69. The number of aromatic nitrogens is 3. The molecule has 4 aromatic rings. The predicted molar refractivity (Wildman–Crippen MR) is 109 cm³/mol. The van der Waals surface area contributed by atoms with E-state index in [-0.39, 0.29) is 11.7 Å². The molecule has 0 unspecified atom stereocenters. The summed E-state index contributed by atoms with van der Waals surface area (Å²) in [5.41, 5.74) is 2.39. The molecule has 0 saturated heterocycles. The fourth-order valence-electron chi connectivity index (χ4n) is 2.88. The Kier molecular flexibility index (Phi) is 4.82. The van der Waals surface area contributed by atoms with Crippen molar-refractivity contribution in [2.45, 2.75) is 6.92 Å². The number of nitrogens with one attached hydrogen (secondary N) is 2. The van der Waals surface area contributed by atoms with Gasteiger partial charge in [-0.25, -0.2) is 14.4 Å². The summed E-state index contributed by atoms with van der Waals surface area (Å²) < 4.78 is 20.9. The molecule has 1 amide bonds. The maximum atomic E-state index is 13.1. The second kappa shape index (κ2) is 7.59. The number of aryl methyl sites for hydroxylation is 1. The minimum absolute atomic E-state index is 0.203. The number of rotatable bonds is 5. The largest absolute Gasteiger partial charge is 0.457 e. The number of hydrogen-bond donors (Lipinski definition) is 2. The Morgan fingerprint density at radius 3 is 2.59 bits per heavy atom. The molecule has 0 fully saturated rings. The number of anilines is 3. The molecule has 2 aromatic carbocycles. The Morgan fingerprint density at radius 2 is 1.83 bits per heavy atom. The second-order valence-electron chi connectivity index (χ2n) is 6.44. The van der Waals surface area contributed by atoms with E-state index in [1.807, 2.05) is 29.8 Å². The van der Waals surface area contributed by atoms with Crippen molar-refractivity contribution in [1.29, 1.82) is 0 Å². The number of imidazole rings is 1. The lowest BCUT2D eigenvalue weighted by atomic mass is 10.3.